The van der Waals surface area contributed by atoms with Gasteiger partial charge in [0.15, 0.2) is 0 Å². The number of alkyl halides is 3. The van der Waals surface area contributed by atoms with Gasteiger partial charge in [-0.15, -0.1) is 0 Å². The number of carbonyl (C=O) groups excluding carboxylic acids is 2. The third kappa shape index (κ3) is 4.25. The molecule has 0 radical (unpaired) electrons. The average Bonchev–Trinajstić information content (AvgIpc) is 2.94. The van der Waals surface area contributed by atoms with Crippen molar-refractivity contribution in [3.8, 4) is 0 Å². The van der Waals surface area contributed by atoms with Crippen LogP contribution in [0.5, 0.6) is 0 Å². The second kappa shape index (κ2) is 7.13. The van der Waals surface area contributed by atoms with Gasteiger partial charge in [-0.05, 0) is 24.3 Å². The normalized spacial score (nSPS) is 21.5. The number of rotatable bonds is 3. The predicted octanol–water partition coefficient (Wildman–Crippen LogP) is 1.89. The molecule has 2 saturated heterocycles. The molecule has 2 aliphatic heterocycles. The molecule has 2 amide bonds. The van der Waals surface area contributed by atoms with Crippen LogP contribution >= 0.6 is 0 Å². The van der Waals surface area contributed by atoms with Gasteiger partial charge in [-0.3, -0.25) is 9.59 Å². The van der Waals surface area contributed by atoms with Crippen molar-refractivity contribution < 1.29 is 27.2 Å². The fraction of sp³-hybridized carbons (Fsp3) is 0.529. The SMILES string of the molecule is O=C1CC(C(=O)N2CCN(c3ccc(F)cc3)CC2)CN1CC(F)(F)F. The van der Waals surface area contributed by atoms with E-state index in [1.54, 1.807) is 17.0 Å². The summed E-state index contributed by atoms with van der Waals surface area (Å²) < 4.78 is 50.4. The zero-order chi connectivity index (χ0) is 18.9. The molecule has 1 aromatic carbocycles. The predicted molar refractivity (Wildman–Crippen MR) is 85.9 cm³/mol. The van der Waals surface area contributed by atoms with Crippen molar-refractivity contribution in [2.75, 3.05) is 44.2 Å². The number of anilines is 1. The van der Waals surface area contributed by atoms with Gasteiger partial charge in [0.1, 0.15) is 12.4 Å². The van der Waals surface area contributed by atoms with E-state index < -0.39 is 24.5 Å². The van der Waals surface area contributed by atoms with E-state index in [9.17, 15) is 27.2 Å². The van der Waals surface area contributed by atoms with Crippen LogP contribution in [0.25, 0.3) is 0 Å². The van der Waals surface area contributed by atoms with E-state index >= 15 is 0 Å². The zero-order valence-corrected chi connectivity index (χ0v) is 14.0. The minimum absolute atomic E-state index is 0.174. The highest BCUT2D eigenvalue weighted by Gasteiger charge is 2.42. The molecule has 2 fully saturated rings. The molecule has 0 aromatic heterocycles. The third-order valence-corrected chi connectivity index (χ3v) is 4.72. The summed E-state index contributed by atoms with van der Waals surface area (Å²) >= 11 is 0. The lowest BCUT2D eigenvalue weighted by molar-refractivity contribution is -0.157. The van der Waals surface area contributed by atoms with E-state index in [-0.39, 0.29) is 24.7 Å². The minimum atomic E-state index is -4.46. The number of halogens is 4. The molecule has 0 bridgehead atoms. The summed E-state index contributed by atoms with van der Waals surface area (Å²) in [6.45, 7) is 0.429. The van der Waals surface area contributed by atoms with Gasteiger partial charge in [0.25, 0.3) is 0 Å². The topological polar surface area (TPSA) is 43.9 Å². The molecule has 9 heteroatoms. The Morgan fingerprint density at radius 3 is 2.27 bits per heavy atom. The van der Waals surface area contributed by atoms with Crippen LogP contribution in [0, 0.1) is 11.7 Å². The van der Waals surface area contributed by atoms with Gasteiger partial charge in [-0.25, -0.2) is 4.39 Å². The fourth-order valence-electron chi connectivity index (χ4n) is 3.40. The monoisotopic (exact) mass is 373 g/mol. The van der Waals surface area contributed by atoms with E-state index in [1.807, 2.05) is 4.90 Å². The molecule has 0 saturated carbocycles. The lowest BCUT2D eigenvalue weighted by Crippen LogP contribution is -2.50. The highest BCUT2D eigenvalue weighted by atomic mass is 19.4. The molecular weight excluding hydrogens is 354 g/mol. The van der Waals surface area contributed by atoms with Crippen LogP contribution in [-0.2, 0) is 9.59 Å². The third-order valence-electron chi connectivity index (χ3n) is 4.72. The van der Waals surface area contributed by atoms with Crippen molar-refractivity contribution in [2.24, 2.45) is 5.92 Å². The number of benzene rings is 1. The maximum absolute atomic E-state index is 13.0. The van der Waals surface area contributed by atoms with Crippen molar-refractivity contribution in [3.05, 3.63) is 30.1 Å². The van der Waals surface area contributed by atoms with Gasteiger partial charge in [-0.1, -0.05) is 0 Å². The Morgan fingerprint density at radius 1 is 1.08 bits per heavy atom. The lowest BCUT2D eigenvalue weighted by atomic mass is 10.1. The van der Waals surface area contributed by atoms with Gasteiger partial charge >= 0.3 is 6.18 Å². The first-order valence-electron chi connectivity index (χ1n) is 8.37. The highest BCUT2D eigenvalue weighted by Crippen LogP contribution is 2.26. The molecular formula is C17H19F4N3O2. The second-order valence-electron chi connectivity index (χ2n) is 6.58. The number of carbonyl (C=O) groups is 2. The molecule has 2 aliphatic rings. The van der Waals surface area contributed by atoms with E-state index in [0.29, 0.717) is 31.1 Å². The molecule has 0 spiro atoms. The van der Waals surface area contributed by atoms with E-state index in [2.05, 4.69) is 0 Å². The first-order valence-corrected chi connectivity index (χ1v) is 8.37. The van der Waals surface area contributed by atoms with Gasteiger partial charge in [0, 0.05) is 44.8 Å². The standard InChI is InChI=1S/C17H19F4N3O2/c18-13-1-3-14(4-2-13)22-5-7-23(8-6-22)16(26)12-9-15(25)24(10-12)11-17(19,20)21/h1-4,12H,5-11H2. The fourth-order valence-corrected chi connectivity index (χ4v) is 3.40. The number of likely N-dealkylation sites (tertiary alicyclic amines) is 1. The van der Waals surface area contributed by atoms with Crippen LogP contribution in [0.3, 0.4) is 0 Å². The maximum Gasteiger partial charge on any atom is 0.406 e. The van der Waals surface area contributed by atoms with Gasteiger partial charge in [-0.2, -0.15) is 13.2 Å². The Kier molecular flexibility index (Phi) is 5.06. The number of amides is 2. The van der Waals surface area contributed by atoms with Crippen molar-refractivity contribution >= 4 is 17.5 Å². The summed E-state index contributed by atoms with van der Waals surface area (Å²) in [7, 11) is 0. The molecule has 142 valence electrons. The van der Waals surface area contributed by atoms with Crippen LogP contribution in [0.1, 0.15) is 6.42 Å². The largest absolute Gasteiger partial charge is 0.406 e. The molecule has 1 unspecified atom stereocenters. The summed E-state index contributed by atoms with van der Waals surface area (Å²) in [6, 6.07) is 6.06. The maximum atomic E-state index is 13.0. The number of hydrogen-bond acceptors (Lipinski definition) is 3. The van der Waals surface area contributed by atoms with E-state index in [0.717, 1.165) is 5.69 Å². The molecule has 1 aromatic rings. The van der Waals surface area contributed by atoms with E-state index in [4.69, 9.17) is 0 Å². The molecule has 26 heavy (non-hydrogen) atoms. The van der Waals surface area contributed by atoms with Gasteiger partial charge in [0.05, 0.1) is 5.92 Å². The summed E-state index contributed by atoms with van der Waals surface area (Å²) in [5.74, 6) is -1.95. The van der Waals surface area contributed by atoms with Crippen molar-refractivity contribution in [1.29, 1.82) is 0 Å². The number of hydrogen-bond donors (Lipinski definition) is 0. The smallest absolute Gasteiger partial charge is 0.368 e. The summed E-state index contributed by atoms with van der Waals surface area (Å²) in [4.78, 5) is 28.6. The lowest BCUT2D eigenvalue weighted by Gasteiger charge is -2.37. The molecule has 5 nitrogen and oxygen atoms in total. The summed E-state index contributed by atoms with van der Waals surface area (Å²) in [5.41, 5.74) is 0.853. The van der Waals surface area contributed by atoms with Gasteiger partial charge < -0.3 is 14.7 Å². The van der Waals surface area contributed by atoms with Crippen molar-refractivity contribution in [2.45, 2.75) is 12.6 Å². The number of nitrogens with zero attached hydrogens (tertiary/aromatic N) is 3. The average molecular weight is 373 g/mol. The molecule has 1 atom stereocenters. The molecule has 2 heterocycles. The molecule has 0 N–H and O–H groups in total. The molecule has 3 rings (SSSR count). The first kappa shape index (κ1) is 18.5. The van der Waals surface area contributed by atoms with Crippen LogP contribution in [0.4, 0.5) is 23.2 Å². The Labute approximate surface area is 148 Å². The quantitative estimate of drug-likeness (QED) is 0.760. The Balaban J connectivity index is 1.54. The summed E-state index contributed by atoms with van der Waals surface area (Å²) in [5, 5.41) is 0. The van der Waals surface area contributed by atoms with Crippen molar-refractivity contribution in [1.82, 2.24) is 9.80 Å². The van der Waals surface area contributed by atoms with Gasteiger partial charge in [0.2, 0.25) is 11.8 Å². The Morgan fingerprint density at radius 2 is 1.69 bits per heavy atom. The van der Waals surface area contributed by atoms with Crippen LogP contribution in [-0.4, -0.2) is 67.1 Å². The second-order valence-corrected chi connectivity index (χ2v) is 6.58. The van der Waals surface area contributed by atoms with E-state index in [1.165, 1.54) is 12.1 Å². The van der Waals surface area contributed by atoms with Crippen LogP contribution < -0.4 is 4.90 Å². The first-order chi connectivity index (χ1) is 12.2. The van der Waals surface area contributed by atoms with Crippen LogP contribution in [0.2, 0.25) is 0 Å². The summed E-state index contributed by atoms with van der Waals surface area (Å²) in [6.07, 6.45) is -4.64. The Bertz CT molecular complexity index is 670. The zero-order valence-electron chi connectivity index (χ0n) is 14.0. The molecule has 0 aliphatic carbocycles. The van der Waals surface area contributed by atoms with Crippen LogP contribution in [0.15, 0.2) is 24.3 Å². The Hall–Kier alpha value is -2.32. The number of piperazine rings is 1. The van der Waals surface area contributed by atoms with Crippen molar-refractivity contribution in [3.63, 3.8) is 0 Å². The minimum Gasteiger partial charge on any atom is -0.368 e. The highest BCUT2D eigenvalue weighted by molar-refractivity contribution is 5.89.